The van der Waals surface area contributed by atoms with Gasteiger partial charge in [0, 0.05) is 5.56 Å². The van der Waals surface area contributed by atoms with Crippen LogP contribution in [0, 0.1) is 0 Å². The highest BCUT2D eigenvalue weighted by atomic mass is 35.5. The van der Waals surface area contributed by atoms with Gasteiger partial charge in [-0.3, -0.25) is 0 Å². The fourth-order valence-electron chi connectivity index (χ4n) is 1.19. The third-order valence-corrected chi connectivity index (χ3v) is 2.38. The van der Waals surface area contributed by atoms with Crippen LogP contribution in [0.4, 0.5) is 0 Å². The number of rotatable bonds is 2. The summed E-state index contributed by atoms with van der Waals surface area (Å²) < 4.78 is 4.91. The SMILES string of the molecule is COc1nc(Cl)nc(-c2ccccc2Cl)n1. The molecule has 2 aromatic rings. The van der Waals surface area contributed by atoms with Crippen LogP contribution in [-0.2, 0) is 0 Å². The number of halogens is 2. The van der Waals surface area contributed by atoms with Crippen molar-refractivity contribution in [2.75, 3.05) is 7.11 Å². The van der Waals surface area contributed by atoms with Gasteiger partial charge >= 0.3 is 6.01 Å². The number of aromatic nitrogens is 3. The number of nitrogens with zero attached hydrogens (tertiary/aromatic N) is 3. The van der Waals surface area contributed by atoms with Crippen molar-refractivity contribution in [3.05, 3.63) is 34.6 Å². The molecule has 1 heterocycles. The van der Waals surface area contributed by atoms with Crippen molar-refractivity contribution in [3.63, 3.8) is 0 Å². The second-order valence-corrected chi connectivity index (χ2v) is 3.64. The van der Waals surface area contributed by atoms with E-state index in [1.165, 1.54) is 7.11 Å². The van der Waals surface area contributed by atoms with E-state index >= 15 is 0 Å². The highest BCUT2D eigenvalue weighted by molar-refractivity contribution is 6.33. The first-order chi connectivity index (χ1) is 7.70. The van der Waals surface area contributed by atoms with Crippen LogP contribution < -0.4 is 4.74 Å². The van der Waals surface area contributed by atoms with Crippen LogP contribution in [0.3, 0.4) is 0 Å². The van der Waals surface area contributed by atoms with E-state index in [4.69, 9.17) is 27.9 Å². The molecule has 0 atom stereocenters. The lowest BCUT2D eigenvalue weighted by molar-refractivity contribution is 0.379. The van der Waals surface area contributed by atoms with Crippen LogP contribution >= 0.6 is 23.2 Å². The molecule has 0 aliphatic heterocycles. The van der Waals surface area contributed by atoms with E-state index in [1.54, 1.807) is 12.1 Å². The first-order valence-electron chi connectivity index (χ1n) is 4.41. The first kappa shape index (κ1) is 11.1. The minimum absolute atomic E-state index is 0.0711. The van der Waals surface area contributed by atoms with E-state index in [9.17, 15) is 0 Å². The molecule has 0 spiro atoms. The second-order valence-electron chi connectivity index (χ2n) is 2.89. The van der Waals surface area contributed by atoms with E-state index < -0.39 is 0 Å². The monoisotopic (exact) mass is 255 g/mol. The summed E-state index contributed by atoms with van der Waals surface area (Å²) in [7, 11) is 1.46. The van der Waals surface area contributed by atoms with Gasteiger partial charge in [0.15, 0.2) is 5.82 Å². The van der Waals surface area contributed by atoms with Gasteiger partial charge < -0.3 is 4.74 Å². The third-order valence-electron chi connectivity index (χ3n) is 1.88. The molecule has 0 bridgehead atoms. The van der Waals surface area contributed by atoms with Crippen molar-refractivity contribution in [3.8, 4) is 17.4 Å². The van der Waals surface area contributed by atoms with Crippen molar-refractivity contribution >= 4 is 23.2 Å². The van der Waals surface area contributed by atoms with E-state index in [2.05, 4.69) is 15.0 Å². The molecule has 0 aliphatic carbocycles. The van der Waals surface area contributed by atoms with Gasteiger partial charge in [-0.2, -0.15) is 15.0 Å². The summed E-state index contributed by atoms with van der Waals surface area (Å²) in [6, 6.07) is 7.38. The van der Waals surface area contributed by atoms with Gasteiger partial charge in [0.1, 0.15) is 0 Å². The van der Waals surface area contributed by atoms with Crippen molar-refractivity contribution in [2.45, 2.75) is 0 Å². The Kier molecular flexibility index (Phi) is 3.22. The molecular formula is C10H7Cl2N3O. The molecule has 0 fully saturated rings. The number of benzene rings is 1. The van der Waals surface area contributed by atoms with Gasteiger partial charge in [0.2, 0.25) is 5.28 Å². The maximum atomic E-state index is 6.02. The molecule has 0 radical (unpaired) electrons. The maximum absolute atomic E-state index is 6.02. The molecule has 6 heteroatoms. The summed E-state index contributed by atoms with van der Waals surface area (Å²) in [6.07, 6.45) is 0. The van der Waals surface area contributed by atoms with Gasteiger partial charge in [-0.1, -0.05) is 23.7 Å². The molecule has 0 saturated carbocycles. The summed E-state index contributed by atoms with van der Waals surface area (Å²) in [5.41, 5.74) is 0.687. The summed E-state index contributed by atoms with van der Waals surface area (Å²) in [5.74, 6) is 0.391. The van der Waals surface area contributed by atoms with Crippen molar-refractivity contribution in [1.29, 1.82) is 0 Å². The first-order valence-corrected chi connectivity index (χ1v) is 5.17. The van der Waals surface area contributed by atoms with E-state index in [-0.39, 0.29) is 11.3 Å². The average Bonchev–Trinajstić information content (AvgIpc) is 2.28. The van der Waals surface area contributed by atoms with Crippen LogP contribution in [-0.4, -0.2) is 22.1 Å². The Balaban J connectivity index is 2.56. The summed E-state index contributed by atoms with van der Waals surface area (Å²) in [4.78, 5) is 11.8. The normalized spacial score (nSPS) is 10.2. The molecular weight excluding hydrogens is 249 g/mol. The molecule has 0 N–H and O–H groups in total. The Labute approximate surface area is 102 Å². The second kappa shape index (κ2) is 4.63. The molecule has 0 aliphatic rings. The predicted molar refractivity (Wildman–Crippen MR) is 61.8 cm³/mol. The number of hydrogen-bond acceptors (Lipinski definition) is 4. The van der Waals surface area contributed by atoms with Gasteiger partial charge in [-0.25, -0.2) is 0 Å². The molecule has 0 unspecified atom stereocenters. The molecule has 16 heavy (non-hydrogen) atoms. The van der Waals surface area contributed by atoms with Crippen LogP contribution in [0.5, 0.6) is 6.01 Å². The molecule has 0 saturated heterocycles. The van der Waals surface area contributed by atoms with Crippen LogP contribution in [0.2, 0.25) is 10.3 Å². The van der Waals surface area contributed by atoms with E-state index in [0.29, 0.717) is 16.4 Å². The van der Waals surface area contributed by atoms with E-state index in [1.807, 2.05) is 12.1 Å². The number of hydrogen-bond donors (Lipinski definition) is 0. The lowest BCUT2D eigenvalue weighted by atomic mass is 10.2. The fraction of sp³-hybridized carbons (Fsp3) is 0.100. The topological polar surface area (TPSA) is 47.9 Å². The quantitative estimate of drug-likeness (QED) is 0.828. The Hall–Kier alpha value is -1.39. The summed E-state index contributed by atoms with van der Waals surface area (Å²) in [6.45, 7) is 0. The highest BCUT2D eigenvalue weighted by Crippen LogP contribution is 2.25. The maximum Gasteiger partial charge on any atom is 0.321 e. The molecule has 82 valence electrons. The Morgan fingerprint density at radius 2 is 1.81 bits per heavy atom. The fourth-order valence-corrected chi connectivity index (χ4v) is 1.56. The van der Waals surface area contributed by atoms with Crippen LogP contribution in [0.15, 0.2) is 24.3 Å². The smallest absolute Gasteiger partial charge is 0.321 e. The Bertz CT molecular complexity index is 519. The van der Waals surface area contributed by atoms with Gasteiger partial charge in [0.25, 0.3) is 0 Å². The third kappa shape index (κ3) is 2.23. The molecule has 1 aromatic carbocycles. The lowest BCUT2D eigenvalue weighted by Gasteiger charge is -2.04. The largest absolute Gasteiger partial charge is 0.467 e. The Morgan fingerprint density at radius 3 is 2.50 bits per heavy atom. The molecule has 1 aromatic heterocycles. The van der Waals surface area contributed by atoms with Crippen molar-refractivity contribution < 1.29 is 4.74 Å². The van der Waals surface area contributed by atoms with Gasteiger partial charge in [-0.15, -0.1) is 0 Å². The Morgan fingerprint density at radius 1 is 1.06 bits per heavy atom. The van der Waals surface area contributed by atoms with Gasteiger partial charge in [-0.05, 0) is 23.7 Å². The summed E-state index contributed by atoms with van der Waals surface area (Å²) in [5, 5.41) is 0.619. The number of methoxy groups -OCH3 is 1. The van der Waals surface area contributed by atoms with Crippen molar-refractivity contribution in [2.24, 2.45) is 0 Å². The average molecular weight is 256 g/mol. The van der Waals surface area contributed by atoms with Gasteiger partial charge in [0.05, 0.1) is 12.1 Å². The van der Waals surface area contributed by atoms with Crippen molar-refractivity contribution in [1.82, 2.24) is 15.0 Å². The number of ether oxygens (including phenoxy) is 1. The molecule has 0 amide bonds. The highest BCUT2D eigenvalue weighted by Gasteiger charge is 2.09. The lowest BCUT2D eigenvalue weighted by Crippen LogP contribution is -1.98. The zero-order chi connectivity index (χ0) is 11.5. The zero-order valence-electron chi connectivity index (χ0n) is 8.32. The van der Waals surface area contributed by atoms with Crippen LogP contribution in [0.1, 0.15) is 0 Å². The minimum atomic E-state index is 0.0711. The summed E-state index contributed by atoms with van der Waals surface area (Å²) >= 11 is 11.8. The molecule has 4 nitrogen and oxygen atoms in total. The predicted octanol–water partition coefficient (Wildman–Crippen LogP) is 2.85. The van der Waals surface area contributed by atoms with E-state index in [0.717, 1.165) is 0 Å². The molecule has 2 rings (SSSR count). The zero-order valence-corrected chi connectivity index (χ0v) is 9.83. The minimum Gasteiger partial charge on any atom is -0.467 e. The van der Waals surface area contributed by atoms with Crippen LogP contribution in [0.25, 0.3) is 11.4 Å². The standard InChI is InChI=1S/C10H7Cl2N3O/c1-16-10-14-8(13-9(12)15-10)6-4-2-3-5-7(6)11/h2-5H,1H3.